The molecule has 1 aliphatic heterocycles. The van der Waals surface area contributed by atoms with Crippen LogP contribution in [-0.2, 0) is 0 Å². The van der Waals surface area contributed by atoms with E-state index in [2.05, 4.69) is 22.3 Å². The van der Waals surface area contributed by atoms with Crippen molar-refractivity contribution in [3.05, 3.63) is 120 Å². The maximum Gasteiger partial charge on any atom is 0.265 e. The van der Waals surface area contributed by atoms with E-state index in [4.69, 9.17) is 10.2 Å². The van der Waals surface area contributed by atoms with E-state index in [1.54, 1.807) is 48.5 Å². The largest absolute Gasteiger partial charge is 0.416 e. The maximum atomic E-state index is 13.4. The smallest absolute Gasteiger partial charge is 0.265 e. The average Bonchev–Trinajstić information content (AvgIpc) is 3.48. The third kappa shape index (κ3) is 3.67. The highest BCUT2D eigenvalue weighted by Gasteiger charge is 2.34. The first-order valence-electron chi connectivity index (χ1n) is 12.4. The van der Waals surface area contributed by atoms with Crippen molar-refractivity contribution in [2.24, 2.45) is 0 Å². The fourth-order valence-electron chi connectivity index (χ4n) is 5.00. The monoisotopic (exact) mass is 508 g/mol. The molecule has 6 aromatic rings. The van der Waals surface area contributed by atoms with Crippen LogP contribution in [0.2, 0.25) is 0 Å². The van der Waals surface area contributed by atoms with Crippen LogP contribution in [0, 0.1) is 0 Å². The SMILES string of the molecule is Nc1ccc2c3c(cccc13)C(=O)N(c1ccc(-c3nnc(-c4ccc(-c5ccccc5)cc4)o3)cc1)C2=O. The number of nitrogen functional groups attached to an aromatic ring is 1. The van der Waals surface area contributed by atoms with Crippen molar-refractivity contribution >= 4 is 34.0 Å². The summed E-state index contributed by atoms with van der Waals surface area (Å²) in [7, 11) is 0. The molecule has 5 aromatic carbocycles. The van der Waals surface area contributed by atoms with Gasteiger partial charge in [-0.1, -0.05) is 54.6 Å². The Labute approximate surface area is 223 Å². The first kappa shape index (κ1) is 22.6. The van der Waals surface area contributed by atoms with E-state index in [0.29, 0.717) is 50.6 Å². The molecule has 2 N–H and O–H groups in total. The number of benzene rings is 5. The van der Waals surface area contributed by atoms with Gasteiger partial charge in [-0.3, -0.25) is 9.59 Å². The molecule has 0 radical (unpaired) electrons. The molecule has 0 fully saturated rings. The lowest BCUT2D eigenvalue weighted by Gasteiger charge is -2.27. The van der Waals surface area contributed by atoms with Crippen LogP contribution in [0.1, 0.15) is 20.7 Å². The lowest BCUT2D eigenvalue weighted by Crippen LogP contribution is -2.40. The number of carbonyl (C=O) groups is 2. The van der Waals surface area contributed by atoms with E-state index in [1.807, 2.05) is 48.5 Å². The van der Waals surface area contributed by atoms with Crippen molar-refractivity contribution in [1.29, 1.82) is 0 Å². The number of carbonyl (C=O) groups excluding carboxylic acids is 2. The van der Waals surface area contributed by atoms with Gasteiger partial charge >= 0.3 is 0 Å². The van der Waals surface area contributed by atoms with Crippen molar-refractivity contribution in [3.8, 4) is 34.0 Å². The van der Waals surface area contributed by atoms with Gasteiger partial charge in [-0.25, -0.2) is 4.90 Å². The van der Waals surface area contributed by atoms with Gasteiger partial charge in [0, 0.05) is 38.7 Å². The van der Waals surface area contributed by atoms with Crippen LogP contribution in [0.25, 0.3) is 44.8 Å². The minimum absolute atomic E-state index is 0.338. The Hall–Kier alpha value is -5.56. The van der Waals surface area contributed by atoms with Crippen molar-refractivity contribution in [3.63, 3.8) is 0 Å². The van der Waals surface area contributed by atoms with Crippen molar-refractivity contribution in [2.75, 3.05) is 10.6 Å². The van der Waals surface area contributed by atoms with Gasteiger partial charge in [-0.15, -0.1) is 10.2 Å². The summed E-state index contributed by atoms with van der Waals surface area (Å²) in [5.74, 6) is -0.0458. The number of hydrogen-bond donors (Lipinski definition) is 1. The lowest BCUT2D eigenvalue weighted by atomic mass is 9.93. The number of anilines is 2. The normalized spacial score (nSPS) is 12.8. The van der Waals surface area contributed by atoms with Crippen LogP contribution in [0.4, 0.5) is 11.4 Å². The molecule has 0 saturated carbocycles. The molecule has 186 valence electrons. The highest BCUT2D eigenvalue weighted by atomic mass is 16.4. The van der Waals surface area contributed by atoms with Crippen LogP contribution in [0.5, 0.6) is 0 Å². The Morgan fingerprint density at radius 1 is 0.564 bits per heavy atom. The van der Waals surface area contributed by atoms with E-state index in [-0.39, 0.29) is 0 Å². The fraction of sp³-hybridized carbons (Fsp3) is 0. The summed E-state index contributed by atoms with van der Waals surface area (Å²) in [5, 5.41) is 9.70. The predicted molar refractivity (Wildman–Crippen MR) is 150 cm³/mol. The van der Waals surface area contributed by atoms with Gasteiger partial charge in [-0.05, 0) is 65.7 Å². The van der Waals surface area contributed by atoms with Gasteiger partial charge in [0.2, 0.25) is 11.8 Å². The number of nitrogens with two attached hydrogens (primary N) is 1. The van der Waals surface area contributed by atoms with Crippen molar-refractivity contribution in [2.45, 2.75) is 0 Å². The highest BCUT2D eigenvalue weighted by Crippen LogP contribution is 2.36. The van der Waals surface area contributed by atoms with E-state index < -0.39 is 11.8 Å². The molecule has 1 aromatic heterocycles. The van der Waals surface area contributed by atoms with Gasteiger partial charge in [-0.2, -0.15) is 0 Å². The molecule has 1 aliphatic rings. The van der Waals surface area contributed by atoms with E-state index in [0.717, 1.165) is 16.7 Å². The third-order valence-corrected chi connectivity index (χ3v) is 6.98. The van der Waals surface area contributed by atoms with Crippen LogP contribution < -0.4 is 10.6 Å². The molecule has 2 amide bonds. The van der Waals surface area contributed by atoms with E-state index in [9.17, 15) is 9.59 Å². The first-order valence-corrected chi connectivity index (χ1v) is 12.4. The van der Waals surface area contributed by atoms with Crippen LogP contribution in [0.15, 0.2) is 114 Å². The fourth-order valence-corrected chi connectivity index (χ4v) is 5.00. The summed E-state index contributed by atoms with van der Waals surface area (Å²) in [6.45, 7) is 0. The molecular formula is C32H20N4O3. The summed E-state index contributed by atoms with van der Waals surface area (Å²) in [6.07, 6.45) is 0. The maximum absolute atomic E-state index is 13.4. The summed E-state index contributed by atoms with van der Waals surface area (Å²) in [4.78, 5) is 27.9. The standard InChI is InChI=1S/C32H20N4O3/c33-27-18-17-26-28-24(27)7-4-8-25(28)31(37)36(32(26)38)23-15-13-22(14-16-23)30-35-34-29(39-30)21-11-9-20(10-12-21)19-5-2-1-3-6-19/h1-18H,33H2. The summed E-state index contributed by atoms with van der Waals surface area (Å²) in [6, 6.07) is 33.6. The van der Waals surface area contributed by atoms with Crippen molar-refractivity contribution < 1.29 is 14.0 Å². The molecule has 0 aliphatic carbocycles. The summed E-state index contributed by atoms with van der Waals surface area (Å²) in [5.41, 5.74) is 11.7. The number of hydrogen-bond acceptors (Lipinski definition) is 6. The quantitative estimate of drug-likeness (QED) is 0.212. The molecule has 0 bridgehead atoms. The zero-order valence-corrected chi connectivity index (χ0v) is 20.5. The minimum atomic E-state index is -0.393. The molecule has 2 heterocycles. The second-order valence-electron chi connectivity index (χ2n) is 9.28. The Bertz CT molecular complexity index is 1870. The highest BCUT2D eigenvalue weighted by molar-refractivity contribution is 6.36. The van der Waals surface area contributed by atoms with E-state index >= 15 is 0 Å². The zero-order valence-electron chi connectivity index (χ0n) is 20.5. The van der Waals surface area contributed by atoms with Gasteiger partial charge in [0.1, 0.15) is 0 Å². The first-order chi connectivity index (χ1) is 19.1. The van der Waals surface area contributed by atoms with Crippen LogP contribution >= 0.6 is 0 Å². The van der Waals surface area contributed by atoms with Gasteiger partial charge in [0.05, 0.1) is 5.69 Å². The second kappa shape index (κ2) is 8.78. The molecule has 39 heavy (non-hydrogen) atoms. The molecule has 0 unspecified atom stereocenters. The number of amides is 2. The van der Waals surface area contributed by atoms with Gasteiger partial charge in [0.15, 0.2) is 0 Å². The van der Waals surface area contributed by atoms with E-state index in [1.165, 1.54) is 4.90 Å². The number of nitrogens with zero attached hydrogens (tertiary/aromatic N) is 3. The van der Waals surface area contributed by atoms with Gasteiger partial charge < -0.3 is 10.2 Å². The third-order valence-electron chi connectivity index (χ3n) is 6.98. The molecule has 0 atom stereocenters. The topological polar surface area (TPSA) is 102 Å². The molecule has 7 heteroatoms. The molecule has 0 spiro atoms. The minimum Gasteiger partial charge on any atom is -0.416 e. The second-order valence-corrected chi connectivity index (χ2v) is 9.28. The molecule has 7 nitrogen and oxygen atoms in total. The number of rotatable bonds is 4. The summed E-state index contributed by atoms with van der Waals surface area (Å²) >= 11 is 0. The van der Waals surface area contributed by atoms with Crippen LogP contribution in [0.3, 0.4) is 0 Å². The Balaban J connectivity index is 1.16. The number of imide groups is 1. The molecular weight excluding hydrogens is 488 g/mol. The predicted octanol–water partition coefficient (Wildman–Crippen LogP) is 6.61. The van der Waals surface area contributed by atoms with Crippen LogP contribution in [-0.4, -0.2) is 22.0 Å². The summed E-state index contributed by atoms with van der Waals surface area (Å²) < 4.78 is 5.94. The number of aromatic nitrogens is 2. The Kier molecular flexibility index (Phi) is 5.09. The van der Waals surface area contributed by atoms with Gasteiger partial charge in [0.25, 0.3) is 11.8 Å². The Morgan fingerprint density at radius 3 is 1.79 bits per heavy atom. The molecule has 0 saturated heterocycles. The average molecular weight is 509 g/mol. The van der Waals surface area contributed by atoms with Crippen molar-refractivity contribution in [1.82, 2.24) is 10.2 Å². The lowest BCUT2D eigenvalue weighted by molar-refractivity contribution is 0.0893. The Morgan fingerprint density at radius 2 is 1.13 bits per heavy atom. The molecule has 7 rings (SSSR count). The zero-order chi connectivity index (χ0) is 26.5.